The molecule has 2 atom stereocenters. The third-order valence-electron chi connectivity index (χ3n) is 2.18. The van der Waals surface area contributed by atoms with E-state index in [0.717, 1.165) is 12.3 Å². The molecule has 1 heterocycles. The van der Waals surface area contributed by atoms with Gasteiger partial charge in [-0.05, 0) is 6.07 Å². The molecule has 0 saturated heterocycles. The molecule has 0 aliphatic carbocycles. The number of anilines is 1. The van der Waals surface area contributed by atoms with Crippen molar-refractivity contribution in [1.29, 1.82) is 5.26 Å². The van der Waals surface area contributed by atoms with Gasteiger partial charge in [0, 0.05) is 11.8 Å². The highest BCUT2D eigenvalue weighted by molar-refractivity contribution is 5.92. The van der Waals surface area contributed by atoms with Crippen molar-refractivity contribution in [1.82, 2.24) is 4.98 Å². The molecule has 0 aliphatic heterocycles. The second kappa shape index (κ2) is 5.25. The van der Waals surface area contributed by atoms with Gasteiger partial charge < -0.3 is 21.1 Å². The Hall–Kier alpha value is -2.17. The molecular weight excluding hydrogens is 226 g/mol. The molecule has 7 heteroatoms. The molecular formula is C10H11N3O4. The van der Waals surface area contributed by atoms with Crippen molar-refractivity contribution in [2.45, 2.75) is 18.6 Å². The van der Waals surface area contributed by atoms with Gasteiger partial charge in [0.05, 0.1) is 18.6 Å². The number of nitrogens with zero attached hydrogens (tertiary/aromatic N) is 2. The number of pyridine rings is 1. The number of nitrogen functional groups attached to an aromatic ring is 1. The van der Waals surface area contributed by atoms with Gasteiger partial charge in [-0.25, -0.2) is 9.78 Å². The highest BCUT2D eigenvalue weighted by atomic mass is 16.4. The number of aliphatic hydroxyl groups is 2. The molecule has 7 nitrogen and oxygen atoms in total. The lowest BCUT2D eigenvalue weighted by Crippen LogP contribution is -2.18. The van der Waals surface area contributed by atoms with Crippen LogP contribution >= 0.6 is 0 Å². The summed E-state index contributed by atoms with van der Waals surface area (Å²) < 4.78 is 0. The van der Waals surface area contributed by atoms with Crippen LogP contribution in [0, 0.1) is 11.3 Å². The fraction of sp³-hybridized carbons (Fsp3) is 0.300. The SMILES string of the molecule is N#CCC(O)C(O)c1cnc(N)c(C(=O)O)c1. The summed E-state index contributed by atoms with van der Waals surface area (Å²) in [4.78, 5) is 14.4. The lowest BCUT2D eigenvalue weighted by molar-refractivity contribution is 0.0213. The van der Waals surface area contributed by atoms with E-state index in [-0.39, 0.29) is 23.4 Å². The second-order valence-corrected chi connectivity index (χ2v) is 3.38. The van der Waals surface area contributed by atoms with Crippen molar-refractivity contribution in [2.24, 2.45) is 0 Å². The number of carbonyl (C=O) groups is 1. The molecule has 0 aromatic carbocycles. The quantitative estimate of drug-likeness (QED) is 0.561. The summed E-state index contributed by atoms with van der Waals surface area (Å²) in [5.41, 5.74) is 5.17. The summed E-state index contributed by atoms with van der Waals surface area (Å²) in [5.74, 6) is -1.46. The monoisotopic (exact) mass is 237 g/mol. The van der Waals surface area contributed by atoms with Crippen molar-refractivity contribution >= 4 is 11.8 Å². The normalized spacial score (nSPS) is 13.7. The first-order valence-electron chi connectivity index (χ1n) is 4.69. The van der Waals surface area contributed by atoms with E-state index in [9.17, 15) is 15.0 Å². The number of aliphatic hydroxyl groups excluding tert-OH is 2. The zero-order chi connectivity index (χ0) is 13.0. The number of carboxylic acid groups (broad SMARTS) is 1. The van der Waals surface area contributed by atoms with Crippen LogP contribution < -0.4 is 5.73 Å². The molecule has 0 radical (unpaired) electrons. The van der Waals surface area contributed by atoms with E-state index >= 15 is 0 Å². The Morgan fingerprint density at radius 3 is 2.76 bits per heavy atom. The first kappa shape index (κ1) is 12.9. The van der Waals surface area contributed by atoms with Gasteiger partial charge in [-0.1, -0.05) is 0 Å². The fourth-order valence-corrected chi connectivity index (χ4v) is 1.25. The third kappa shape index (κ3) is 2.90. The molecule has 1 aromatic heterocycles. The van der Waals surface area contributed by atoms with E-state index in [4.69, 9.17) is 16.1 Å². The van der Waals surface area contributed by atoms with Crippen molar-refractivity contribution in [2.75, 3.05) is 5.73 Å². The minimum Gasteiger partial charge on any atom is -0.478 e. The summed E-state index contributed by atoms with van der Waals surface area (Å²) >= 11 is 0. The Balaban J connectivity index is 3.04. The fourth-order valence-electron chi connectivity index (χ4n) is 1.25. The maximum absolute atomic E-state index is 10.8. The second-order valence-electron chi connectivity index (χ2n) is 3.38. The number of carboxylic acids is 1. The van der Waals surface area contributed by atoms with Crippen LogP contribution in [0.2, 0.25) is 0 Å². The Morgan fingerprint density at radius 1 is 1.59 bits per heavy atom. The van der Waals surface area contributed by atoms with Crippen LogP contribution in [0.5, 0.6) is 0 Å². The van der Waals surface area contributed by atoms with Gasteiger partial charge in [0.15, 0.2) is 0 Å². The van der Waals surface area contributed by atoms with Gasteiger partial charge in [-0.2, -0.15) is 5.26 Å². The van der Waals surface area contributed by atoms with E-state index in [1.807, 2.05) is 0 Å². The van der Waals surface area contributed by atoms with Gasteiger partial charge in [0.1, 0.15) is 17.5 Å². The summed E-state index contributed by atoms with van der Waals surface area (Å²) in [6, 6.07) is 2.82. The lowest BCUT2D eigenvalue weighted by Gasteiger charge is -2.15. The first-order chi connectivity index (χ1) is 7.97. The molecule has 0 aliphatic rings. The van der Waals surface area contributed by atoms with Crippen molar-refractivity contribution in [3.05, 3.63) is 23.4 Å². The first-order valence-corrected chi connectivity index (χ1v) is 4.69. The molecule has 0 saturated carbocycles. The van der Waals surface area contributed by atoms with Crippen LogP contribution in [0.1, 0.15) is 28.4 Å². The van der Waals surface area contributed by atoms with E-state index in [2.05, 4.69) is 4.98 Å². The van der Waals surface area contributed by atoms with Gasteiger partial charge in [-0.15, -0.1) is 0 Å². The predicted octanol–water partition coefficient (Wildman–Crippen LogP) is -0.330. The number of rotatable bonds is 4. The van der Waals surface area contributed by atoms with Gasteiger partial charge >= 0.3 is 5.97 Å². The van der Waals surface area contributed by atoms with Crippen LogP contribution in [0.4, 0.5) is 5.82 Å². The summed E-state index contributed by atoms with van der Waals surface area (Å²) in [6.07, 6.45) is -1.78. The molecule has 0 fully saturated rings. The minimum absolute atomic E-state index is 0.0966. The molecule has 1 aromatic rings. The van der Waals surface area contributed by atoms with Crippen molar-refractivity contribution in [3.8, 4) is 6.07 Å². The largest absolute Gasteiger partial charge is 0.478 e. The molecule has 0 amide bonds. The highest BCUT2D eigenvalue weighted by Crippen LogP contribution is 2.21. The van der Waals surface area contributed by atoms with E-state index in [0.29, 0.717) is 0 Å². The van der Waals surface area contributed by atoms with Crippen LogP contribution in [0.15, 0.2) is 12.3 Å². The topological polar surface area (TPSA) is 140 Å². The number of aromatic carboxylic acids is 1. The Kier molecular flexibility index (Phi) is 3.98. The van der Waals surface area contributed by atoms with Crippen LogP contribution in [0.25, 0.3) is 0 Å². The Morgan fingerprint density at radius 2 is 2.24 bits per heavy atom. The van der Waals surface area contributed by atoms with Gasteiger partial charge in [0.25, 0.3) is 0 Å². The smallest absolute Gasteiger partial charge is 0.339 e. The van der Waals surface area contributed by atoms with E-state index < -0.39 is 18.2 Å². The highest BCUT2D eigenvalue weighted by Gasteiger charge is 2.20. The van der Waals surface area contributed by atoms with E-state index in [1.165, 1.54) is 0 Å². The molecule has 2 unspecified atom stereocenters. The number of hydrogen-bond donors (Lipinski definition) is 4. The zero-order valence-corrected chi connectivity index (χ0v) is 8.74. The van der Waals surface area contributed by atoms with Crippen molar-refractivity contribution < 1.29 is 20.1 Å². The number of nitriles is 1. The zero-order valence-electron chi connectivity index (χ0n) is 8.74. The van der Waals surface area contributed by atoms with Gasteiger partial charge in [0.2, 0.25) is 0 Å². The minimum atomic E-state index is -1.37. The standard InChI is InChI=1S/C10H11N3O4/c11-2-1-7(14)8(15)5-3-6(10(16)17)9(12)13-4-5/h3-4,7-8,14-15H,1H2,(H2,12,13)(H,16,17). The van der Waals surface area contributed by atoms with Crippen molar-refractivity contribution in [3.63, 3.8) is 0 Å². The third-order valence-corrected chi connectivity index (χ3v) is 2.18. The molecule has 17 heavy (non-hydrogen) atoms. The van der Waals surface area contributed by atoms with Crippen LogP contribution in [-0.4, -0.2) is 32.4 Å². The lowest BCUT2D eigenvalue weighted by atomic mass is 10.0. The molecule has 0 spiro atoms. The number of aromatic nitrogens is 1. The molecule has 0 bridgehead atoms. The summed E-state index contributed by atoms with van der Waals surface area (Å²) in [7, 11) is 0. The predicted molar refractivity (Wildman–Crippen MR) is 56.8 cm³/mol. The Labute approximate surface area is 96.8 Å². The molecule has 1 rings (SSSR count). The molecule has 90 valence electrons. The Bertz CT molecular complexity index is 469. The van der Waals surface area contributed by atoms with E-state index in [1.54, 1.807) is 6.07 Å². The molecule has 5 N–H and O–H groups in total. The van der Waals surface area contributed by atoms with Crippen LogP contribution in [0.3, 0.4) is 0 Å². The number of hydrogen-bond acceptors (Lipinski definition) is 6. The average Bonchev–Trinajstić information content (AvgIpc) is 2.28. The van der Waals surface area contributed by atoms with Crippen LogP contribution in [-0.2, 0) is 0 Å². The van der Waals surface area contributed by atoms with Gasteiger partial charge in [-0.3, -0.25) is 0 Å². The average molecular weight is 237 g/mol. The maximum Gasteiger partial charge on any atom is 0.339 e. The maximum atomic E-state index is 10.8. The summed E-state index contributed by atoms with van der Waals surface area (Å²) in [6.45, 7) is 0. The summed E-state index contributed by atoms with van der Waals surface area (Å²) in [5, 5.41) is 36.2. The number of nitrogens with two attached hydrogens (primary N) is 1.